The predicted molar refractivity (Wildman–Crippen MR) is 127 cm³/mol. The topological polar surface area (TPSA) is 68.5 Å². The Morgan fingerprint density at radius 3 is 2.68 bits per heavy atom. The van der Waals surface area contributed by atoms with Gasteiger partial charge in [-0.05, 0) is 51.0 Å². The maximum atomic E-state index is 13.0. The SMILES string of the molecule is Cc1cnc(CC(=O)CC2CCC(CCN3CCc4nc(OCC(C)(F)F)sc4CC3)CC2)o1. The highest BCUT2D eigenvalue weighted by atomic mass is 32.1. The molecule has 6 nitrogen and oxygen atoms in total. The molecule has 0 aromatic carbocycles. The Bertz CT molecular complexity index is 922. The fraction of sp³-hybridized carbons (Fsp3) is 0.720. The Morgan fingerprint density at radius 2 is 1.97 bits per heavy atom. The molecule has 0 radical (unpaired) electrons. The predicted octanol–water partition coefficient (Wildman–Crippen LogP) is 5.27. The third-order valence-electron chi connectivity index (χ3n) is 6.88. The van der Waals surface area contributed by atoms with Gasteiger partial charge in [-0.1, -0.05) is 24.2 Å². The second kappa shape index (κ2) is 11.2. The number of alkyl halides is 2. The summed E-state index contributed by atoms with van der Waals surface area (Å²) in [4.78, 5) is 24.6. The molecule has 188 valence electrons. The molecule has 0 unspecified atom stereocenters. The number of aryl methyl sites for hydroxylation is 1. The average Bonchev–Trinajstić information content (AvgIpc) is 3.32. The van der Waals surface area contributed by atoms with Crippen molar-refractivity contribution in [2.45, 2.75) is 77.6 Å². The van der Waals surface area contributed by atoms with E-state index in [1.54, 1.807) is 6.20 Å². The second-order valence-corrected chi connectivity index (χ2v) is 11.1. The minimum absolute atomic E-state index is 0.230. The lowest BCUT2D eigenvalue weighted by Gasteiger charge is -2.30. The van der Waals surface area contributed by atoms with Gasteiger partial charge in [-0.15, -0.1) is 0 Å². The van der Waals surface area contributed by atoms with Crippen LogP contribution in [0.15, 0.2) is 10.6 Å². The molecule has 2 aromatic rings. The number of carbonyl (C=O) groups is 1. The number of hydrogen-bond acceptors (Lipinski definition) is 7. The maximum absolute atomic E-state index is 13.0. The third-order valence-corrected chi connectivity index (χ3v) is 7.95. The van der Waals surface area contributed by atoms with Gasteiger partial charge in [-0.2, -0.15) is 0 Å². The van der Waals surface area contributed by atoms with Gasteiger partial charge in [0.25, 0.3) is 11.1 Å². The Kier molecular flexibility index (Phi) is 8.34. The fourth-order valence-electron chi connectivity index (χ4n) is 4.99. The number of ether oxygens (including phenoxy) is 1. The summed E-state index contributed by atoms with van der Waals surface area (Å²) in [6.45, 7) is 5.08. The van der Waals surface area contributed by atoms with Crippen LogP contribution in [0.4, 0.5) is 8.78 Å². The first kappa shape index (κ1) is 25.2. The molecule has 0 atom stereocenters. The fourth-order valence-corrected chi connectivity index (χ4v) is 5.94. The molecule has 0 saturated heterocycles. The van der Waals surface area contributed by atoms with Crippen molar-refractivity contribution in [1.29, 1.82) is 0 Å². The number of halogens is 2. The van der Waals surface area contributed by atoms with Gasteiger partial charge in [0, 0.05) is 37.7 Å². The first-order valence-corrected chi connectivity index (χ1v) is 13.2. The van der Waals surface area contributed by atoms with E-state index in [-0.39, 0.29) is 5.78 Å². The first-order chi connectivity index (χ1) is 16.2. The van der Waals surface area contributed by atoms with Gasteiger partial charge in [-0.3, -0.25) is 4.79 Å². The van der Waals surface area contributed by atoms with Crippen molar-refractivity contribution in [3.8, 4) is 5.19 Å². The zero-order chi connectivity index (χ0) is 24.1. The smallest absolute Gasteiger partial charge is 0.278 e. The number of nitrogens with zero attached hydrogens (tertiary/aromatic N) is 3. The van der Waals surface area contributed by atoms with Gasteiger partial charge in [0.05, 0.1) is 18.3 Å². The molecule has 2 aliphatic rings. The molecule has 0 amide bonds. The Hall–Kier alpha value is -1.87. The maximum Gasteiger partial charge on any atom is 0.278 e. The van der Waals surface area contributed by atoms with E-state index in [0.29, 0.717) is 29.8 Å². The number of Topliss-reactive ketones (excluding diaryl/α,β-unsaturated/α-hetero) is 1. The van der Waals surface area contributed by atoms with Gasteiger partial charge in [-0.25, -0.2) is 18.7 Å². The number of ketones is 1. The summed E-state index contributed by atoms with van der Waals surface area (Å²) in [5, 5.41) is 0.366. The number of carbonyl (C=O) groups excluding carboxylic acids is 1. The van der Waals surface area contributed by atoms with E-state index < -0.39 is 12.5 Å². The molecule has 9 heteroatoms. The normalized spacial score (nSPS) is 21.8. The highest BCUT2D eigenvalue weighted by molar-refractivity contribution is 7.13. The van der Waals surface area contributed by atoms with E-state index in [9.17, 15) is 13.6 Å². The molecular weight excluding hydrogens is 460 g/mol. The Morgan fingerprint density at radius 1 is 1.24 bits per heavy atom. The lowest BCUT2D eigenvalue weighted by Crippen LogP contribution is -2.30. The van der Waals surface area contributed by atoms with Crippen LogP contribution in [0.1, 0.15) is 67.7 Å². The minimum atomic E-state index is -2.84. The molecule has 1 fully saturated rings. The number of rotatable bonds is 10. The zero-order valence-electron chi connectivity index (χ0n) is 20.2. The van der Waals surface area contributed by atoms with Crippen molar-refractivity contribution in [3.63, 3.8) is 0 Å². The Balaban J connectivity index is 1.13. The molecule has 0 N–H and O–H groups in total. The van der Waals surface area contributed by atoms with Crippen molar-refractivity contribution >= 4 is 17.1 Å². The number of fused-ring (bicyclic) bond motifs is 1. The van der Waals surface area contributed by atoms with Crippen LogP contribution in [0, 0.1) is 18.8 Å². The van der Waals surface area contributed by atoms with Crippen LogP contribution in [0.25, 0.3) is 0 Å². The second-order valence-electron chi connectivity index (χ2n) is 10.0. The standard InChI is InChI=1S/C25H35F2N3O3S/c1-17-15-28-23(33-17)14-20(31)13-19-5-3-18(4-6-19)7-10-30-11-8-21-22(9-12-30)34-24(29-21)32-16-25(2,26)27/h15,18-19H,3-14,16H2,1-2H3. The molecule has 1 aliphatic heterocycles. The molecule has 2 aromatic heterocycles. The number of thiazole rings is 1. The van der Waals surface area contributed by atoms with Crippen molar-refractivity contribution in [3.05, 3.63) is 28.4 Å². The lowest BCUT2D eigenvalue weighted by molar-refractivity contribution is -0.119. The van der Waals surface area contributed by atoms with Crippen LogP contribution < -0.4 is 4.74 Å². The average molecular weight is 496 g/mol. The van der Waals surface area contributed by atoms with Gasteiger partial charge in [0.1, 0.15) is 11.5 Å². The summed E-state index contributed by atoms with van der Waals surface area (Å²) in [6.07, 6.45) is 10.2. The van der Waals surface area contributed by atoms with Gasteiger partial charge < -0.3 is 14.1 Å². The number of aromatic nitrogens is 2. The summed E-state index contributed by atoms with van der Waals surface area (Å²) >= 11 is 1.41. The quantitative estimate of drug-likeness (QED) is 0.447. The molecule has 34 heavy (non-hydrogen) atoms. The summed E-state index contributed by atoms with van der Waals surface area (Å²) in [6, 6.07) is 0. The highest BCUT2D eigenvalue weighted by Crippen LogP contribution is 2.34. The zero-order valence-corrected chi connectivity index (χ0v) is 21.0. The lowest BCUT2D eigenvalue weighted by atomic mass is 9.78. The first-order valence-electron chi connectivity index (χ1n) is 12.4. The molecule has 0 bridgehead atoms. The van der Waals surface area contributed by atoms with Crippen LogP contribution >= 0.6 is 11.3 Å². The van der Waals surface area contributed by atoms with Crippen LogP contribution in [-0.4, -0.2) is 52.8 Å². The molecule has 1 saturated carbocycles. The third kappa shape index (κ3) is 7.57. The van der Waals surface area contributed by atoms with E-state index in [0.717, 1.165) is 69.6 Å². The summed E-state index contributed by atoms with van der Waals surface area (Å²) in [7, 11) is 0. The Labute approximate surface area is 204 Å². The largest absolute Gasteiger partial charge is 0.464 e. The molecular formula is C25H35F2N3O3S. The van der Waals surface area contributed by atoms with Crippen LogP contribution in [0.2, 0.25) is 0 Å². The summed E-state index contributed by atoms with van der Waals surface area (Å²) in [5.41, 5.74) is 1.01. The van der Waals surface area contributed by atoms with Crippen LogP contribution in [0.5, 0.6) is 5.19 Å². The van der Waals surface area contributed by atoms with E-state index in [1.807, 2.05) is 6.92 Å². The summed E-state index contributed by atoms with van der Waals surface area (Å²) in [5.74, 6) is -0.114. The van der Waals surface area contributed by atoms with E-state index in [2.05, 4.69) is 14.9 Å². The minimum Gasteiger partial charge on any atom is -0.464 e. The van der Waals surface area contributed by atoms with Crippen molar-refractivity contribution < 1.29 is 22.7 Å². The van der Waals surface area contributed by atoms with Crippen LogP contribution in [0.3, 0.4) is 0 Å². The van der Waals surface area contributed by atoms with Crippen molar-refractivity contribution in [2.24, 2.45) is 11.8 Å². The van der Waals surface area contributed by atoms with Gasteiger partial charge >= 0.3 is 0 Å². The molecule has 4 rings (SSSR count). The molecule has 1 aliphatic carbocycles. The van der Waals surface area contributed by atoms with E-state index >= 15 is 0 Å². The highest BCUT2D eigenvalue weighted by Gasteiger charge is 2.26. The number of hydrogen-bond donors (Lipinski definition) is 0. The van der Waals surface area contributed by atoms with Gasteiger partial charge in [0.2, 0.25) is 5.89 Å². The monoisotopic (exact) mass is 495 g/mol. The summed E-state index contributed by atoms with van der Waals surface area (Å²) < 4.78 is 36.7. The van der Waals surface area contributed by atoms with Gasteiger partial charge in [0.15, 0.2) is 6.61 Å². The van der Waals surface area contributed by atoms with Crippen LogP contribution in [-0.2, 0) is 24.1 Å². The van der Waals surface area contributed by atoms with E-state index in [1.165, 1.54) is 35.5 Å². The number of oxazole rings is 1. The molecule has 3 heterocycles. The van der Waals surface area contributed by atoms with E-state index in [4.69, 9.17) is 9.15 Å². The van der Waals surface area contributed by atoms with Crippen molar-refractivity contribution in [2.75, 3.05) is 26.2 Å². The van der Waals surface area contributed by atoms with Crippen molar-refractivity contribution in [1.82, 2.24) is 14.9 Å². The molecule has 0 spiro atoms.